The third-order valence-corrected chi connectivity index (χ3v) is 8.34. The Balaban J connectivity index is 1.22. The largest absolute Gasteiger partial charge is 0.481 e. The fraction of sp³-hybridized carbons (Fsp3) is 0.364. The van der Waals surface area contributed by atoms with Crippen molar-refractivity contribution < 1.29 is 29.0 Å². The number of rotatable bonds is 16. The maximum absolute atomic E-state index is 12.9. The second kappa shape index (κ2) is 16.5. The van der Waals surface area contributed by atoms with Crippen LogP contribution in [0.5, 0.6) is 0 Å². The van der Waals surface area contributed by atoms with E-state index in [4.69, 9.17) is 14.6 Å². The Morgan fingerprint density at radius 2 is 1.48 bits per heavy atom. The average molecular weight is 591 g/mol. The van der Waals surface area contributed by atoms with Gasteiger partial charge in [-0.25, -0.2) is 9.59 Å². The van der Waals surface area contributed by atoms with Crippen LogP contribution in [0.3, 0.4) is 0 Å². The topological polar surface area (TPSA) is 114 Å². The highest BCUT2D eigenvalue weighted by Crippen LogP contribution is 2.44. The fourth-order valence-corrected chi connectivity index (χ4v) is 6.08. The van der Waals surface area contributed by atoms with Gasteiger partial charge in [-0.3, -0.25) is 4.79 Å². The van der Waals surface area contributed by atoms with Crippen molar-refractivity contribution in [3.05, 3.63) is 95.6 Å². The maximum atomic E-state index is 12.9. The lowest BCUT2D eigenvalue weighted by Gasteiger charge is -2.20. The van der Waals surface area contributed by atoms with Crippen molar-refractivity contribution in [1.82, 2.24) is 10.6 Å². The van der Waals surface area contributed by atoms with Gasteiger partial charge in [-0.15, -0.1) is 0 Å². The zero-order chi connectivity index (χ0) is 29.6. The van der Waals surface area contributed by atoms with E-state index in [1.807, 2.05) is 54.6 Å². The molecule has 42 heavy (non-hydrogen) atoms. The number of alkyl carbamates (subject to hydrolysis) is 2. The minimum absolute atomic E-state index is 0.0142. The van der Waals surface area contributed by atoms with E-state index in [2.05, 4.69) is 34.9 Å². The monoisotopic (exact) mass is 590 g/mol. The van der Waals surface area contributed by atoms with Gasteiger partial charge in [0.2, 0.25) is 0 Å². The van der Waals surface area contributed by atoms with Crippen LogP contribution >= 0.6 is 11.8 Å². The first-order valence-corrected chi connectivity index (χ1v) is 15.5. The number of nitrogens with one attached hydrogen (secondary N) is 2. The van der Waals surface area contributed by atoms with Crippen molar-refractivity contribution in [2.45, 2.75) is 50.7 Å². The summed E-state index contributed by atoms with van der Waals surface area (Å²) in [5.74, 6) is 0.527. The number of hydrogen-bond donors (Lipinski definition) is 3. The highest BCUT2D eigenvalue weighted by Gasteiger charge is 2.29. The first kappa shape index (κ1) is 31.0. The second-order valence-electron chi connectivity index (χ2n) is 10.2. The van der Waals surface area contributed by atoms with E-state index in [-0.39, 0.29) is 31.6 Å². The van der Waals surface area contributed by atoms with Crippen molar-refractivity contribution in [3.63, 3.8) is 0 Å². The molecular formula is C33H38N2O6S. The molecule has 0 fully saturated rings. The Bertz CT molecular complexity index is 1270. The van der Waals surface area contributed by atoms with Crippen molar-refractivity contribution >= 4 is 29.9 Å². The van der Waals surface area contributed by atoms with Crippen molar-refractivity contribution in [3.8, 4) is 11.1 Å². The SMILES string of the molecule is O=C(O)CCCSC[C@@H](CCCCNC(=O)OCc1ccccc1)NC(=O)OCC1c2ccccc2-c2ccccc21. The van der Waals surface area contributed by atoms with Crippen LogP contribution in [0.4, 0.5) is 9.59 Å². The number of carbonyl (C=O) groups excluding carboxylic acids is 2. The van der Waals surface area contributed by atoms with Crippen molar-refractivity contribution in [2.24, 2.45) is 0 Å². The van der Waals surface area contributed by atoms with Gasteiger partial charge < -0.3 is 25.2 Å². The van der Waals surface area contributed by atoms with Gasteiger partial charge >= 0.3 is 18.2 Å². The molecule has 8 nitrogen and oxygen atoms in total. The van der Waals surface area contributed by atoms with E-state index in [1.54, 1.807) is 11.8 Å². The molecular weight excluding hydrogens is 552 g/mol. The normalized spacial score (nSPS) is 12.6. The summed E-state index contributed by atoms with van der Waals surface area (Å²) in [5.41, 5.74) is 5.60. The van der Waals surface area contributed by atoms with Crippen LogP contribution in [-0.4, -0.2) is 54.0 Å². The molecule has 0 aromatic heterocycles. The van der Waals surface area contributed by atoms with E-state index >= 15 is 0 Å². The number of aliphatic carboxylic acids is 1. The van der Waals surface area contributed by atoms with E-state index in [0.29, 0.717) is 30.9 Å². The Hall–Kier alpha value is -3.98. The Kier molecular flexibility index (Phi) is 12.1. The third kappa shape index (κ3) is 9.55. The molecule has 0 heterocycles. The molecule has 3 aromatic carbocycles. The quantitative estimate of drug-likeness (QED) is 0.161. The first-order valence-electron chi connectivity index (χ1n) is 14.4. The van der Waals surface area contributed by atoms with E-state index in [0.717, 1.165) is 29.5 Å². The zero-order valence-electron chi connectivity index (χ0n) is 23.6. The Morgan fingerprint density at radius 3 is 2.17 bits per heavy atom. The molecule has 1 aliphatic carbocycles. The molecule has 0 bridgehead atoms. The molecule has 0 saturated heterocycles. The summed E-state index contributed by atoms with van der Waals surface area (Å²) < 4.78 is 11.0. The van der Waals surface area contributed by atoms with Gasteiger partial charge in [-0.05, 0) is 59.3 Å². The number of fused-ring (bicyclic) bond motifs is 3. The minimum atomic E-state index is -0.807. The first-order chi connectivity index (χ1) is 20.5. The summed E-state index contributed by atoms with van der Waals surface area (Å²) in [4.78, 5) is 35.7. The molecule has 0 spiro atoms. The Labute approximate surface area is 251 Å². The smallest absolute Gasteiger partial charge is 0.407 e. The molecule has 0 unspecified atom stereocenters. The number of carbonyl (C=O) groups is 3. The predicted molar refractivity (Wildman–Crippen MR) is 165 cm³/mol. The van der Waals surface area contributed by atoms with Gasteiger partial charge in [-0.2, -0.15) is 11.8 Å². The van der Waals surface area contributed by atoms with Gasteiger partial charge in [0.1, 0.15) is 13.2 Å². The van der Waals surface area contributed by atoms with Gasteiger partial charge in [0.25, 0.3) is 0 Å². The summed E-state index contributed by atoms with van der Waals surface area (Å²) in [6, 6.07) is 25.8. The number of carboxylic acid groups (broad SMARTS) is 1. The second-order valence-corrected chi connectivity index (χ2v) is 11.4. The van der Waals surface area contributed by atoms with E-state index < -0.39 is 18.2 Å². The lowest BCUT2D eigenvalue weighted by atomic mass is 9.98. The molecule has 3 aromatic rings. The maximum Gasteiger partial charge on any atom is 0.407 e. The molecule has 1 aliphatic rings. The molecule has 0 saturated carbocycles. The van der Waals surface area contributed by atoms with Gasteiger partial charge in [0, 0.05) is 30.7 Å². The number of benzene rings is 3. The van der Waals surface area contributed by atoms with Crippen LogP contribution < -0.4 is 10.6 Å². The van der Waals surface area contributed by atoms with Crippen LogP contribution in [0.25, 0.3) is 11.1 Å². The minimum Gasteiger partial charge on any atom is -0.481 e. The van der Waals surface area contributed by atoms with Crippen LogP contribution in [0, 0.1) is 0 Å². The molecule has 9 heteroatoms. The molecule has 1 atom stereocenters. The summed E-state index contributed by atoms with van der Waals surface area (Å²) in [6.45, 7) is 0.933. The number of unbranched alkanes of at least 4 members (excludes halogenated alkanes) is 1. The number of ether oxygens (including phenoxy) is 2. The molecule has 4 rings (SSSR count). The summed E-state index contributed by atoms with van der Waals surface area (Å²) in [6.07, 6.45) is 2.00. The average Bonchev–Trinajstić information content (AvgIpc) is 3.32. The summed E-state index contributed by atoms with van der Waals surface area (Å²) in [5, 5.41) is 14.7. The van der Waals surface area contributed by atoms with Gasteiger partial charge in [-0.1, -0.05) is 78.9 Å². The zero-order valence-corrected chi connectivity index (χ0v) is 24.4. The van der Waals surface area contributed by atoms with Crippen LogP contribution in [0.1, 0.15) is 54.7 Å². The third-order valence-electron chi connectivity index (χ3n) is 7.13. The number of thioether (sulfide) groups is 1. The molecule has 222 valence electrons. The van der Waals surface area contributed by atoms with E-state index in [9.17, 15) is 14.4 Å². The standard InChI is InChI=1S/C33H38N2O6S/c36-31(37)18-10-20-42-23-25(13-8-9-19-34-32(38)40-21-24-11-2-1-3-12-24)35-33(39)41-22-30-28-16-6-4-14-26(28)27-15-5-7-17-29(27)30/h1-7,11-12,14-17,25,30H,8-10,13,18-23H2,(H,34,38)(H,35,39)(H,36,37)/t25-/m1/s1. The van der Waals surface area contributed by atoms with Crippen molar-refractivity contribution in [1.29, 1.82) is 0 Å². The van der Waals surface area contributed by atoms with Gasteiger partial charge in [0.05, 0.1) is 0 Å². The summed E-state index contributed by atoms with van der Waals surface area (Å²) in [7, 11) is 0. The number of amides is 2. The van der Waals surface area contributed by atoms with Crippen LogP contribution in [0.15, 0.2) is 78.9 Å². The predicted octanol–water partition coefficient (Wildman–Crippen LogP) is 6.59. The Morgan fingerprint density at radius 1 is 0.810 bits per heavy atom. The molecule has 3 N–H and O–H groups in total. The molecule has 0 radical (unpaired) electrons. The fourth-order valence-electron chi connectivity index (χ4n) is 5.04. The van der Waals surface area contributed by atoms with Crippen molar-refractivity contribution in [2.75, 3.05) is 24.7 Å². The lowest BCUT2D eigenvalue weighted by molar-refractivity contribution is -0.137. The number of hydrogen-bond acceptors (Lipinski definition) is 6. The van der Waals surface area contributed by atoms with Crippen LogP contribution in [0.2, 0.25) is 0 Å². The molecule has 2 amide bonds. The molecule has 0 aliphatic heterocycles. The highest BCUT2D eigenvalue weighted by molar-refractivity contribution is 7.99. The lowest BCUT2D eigenvalue weighted by Crippen LogP contribution is -2.38. The number of carboxylic acids is 1. The van der Waals surface area contributed by atoms with Gasteiger partial charge in [0.15, 0.2) is 0 Å². The van der Waals surface area contributed by atoms with E-state index in [1.165, 1.54) is 11.1 Å². The highest BCUT2D eigenvalue weighted by atomic mass is 32.2. The summed E-state index contributed by atoms with van der Waals surface area (Å²) >= 11 is 1.62. The van der Waals surface area contributed by atoms with Crippen LogP contribution in [-0.2, 0) is 20.9 Å².